The molecule has 0 spiro atoms. The lowest BCUT2D eigenvalue weighted by Crippen LogP contribution is -2.57. The van der Waals surface area contributed by atoms with Crippen LogP contribution < -0.4 is 10.6 Å². The van der Waals surface area contributed by atoms with Crippen molar-refractivity contribution in [3.05, 3.63) is 95.6 Å². The summed E-state index contributed by atoms with van der Waals surface area (Å²) in [5.41, 5.74) is 0.122. The molecule has 4 N–H and O–H groups in total. The molecule has 0 fully saturated rings. The van der Waals surface area contributed by atoms with Crippen LogP contribution in [0.25, 0.3) is 0 Å². The van der Waals surface area contributed by atoms with Gasteiger partial charge in [-0.1, -0.05) is 68.4 Å². The molecule has 0 heterocycles. The molecule has 0 bridgehead atoms. The highest BCUT2D eigenvalue weighted by Crippen LogP contribution is 2.30. The second kappa shape index (κ2) is 18.6. The Labute approximate surface area is 314 Å². The third kappa shape index (κ3) is 14.1. The van der Waals surface area contributed by atoms with Crippen molar-refractivity contribution in [2.24, 2.45) is 5.92 Å². The summed E-state index contributed by atoms with van der Waals surface area (Å²) in [6.45, 7) is 16.4. The highest BCUT2D eigenvalue weighted by atomic mass is 16.6. The van der Waals surface area contributed by atoms with Gasteiger partial charge in [0.15, 0.2) is 0 Å². The Morgan fingerprint density at radius 1 is 0.660 bits per heavy atom. The summed E-state index contributed by atoms with van der Waals surface area (Å²) in [5, 5.41) is 25.8. The van der Waals surface area contributed by atoms with Gasteiger partial charge in [-0.2, -0.15) is 0 Å². The summed E-state index contributed by atoms with van der Waals surface area (Å²) in [4.78, 5) is 58.2. The van der Waals surface area contributed by atoms with Crippen LogP contribution in [0, 0.1) is 5.92 Å². The summed E-state index contributed by atoms with van der Waals surface area (Å²) in [6, 6.07) is 17.3. The van der Waals surface area contributed by atoms with Gasteiger partial charge in [-0.25, -0.2) is 9.59 Å². The predicted molar refractivity (Wildman–Crippen MR) is 204 cm³/mol. The number of carbonyl (C=O) groups excluding carboxylic acids is 4. The fourth-order valence-electron chi connectivity index (χ4n) is 5.77. The fraction of sp³-hybridized carbons (Fsp3) is 0.476. The minimum absolute atomic E-state index is 0.0181. The number of aromatic hydroxyl groups is 2. The van der Waals surface area contributed by atoms with Crippen molar-refractivity contribution in [2.75, 3.05) is 0 Å². The maximum Gasteiger partial charge on any atom is 0.408 e. The minimum Gasteiger partial charge on any atom is -0.508 e. The number of phenolic OH excluding ortho intramolecular Hbond substituents is 2. The molecule has 11 nitrogen and oxygen atoms in total. The van der Waals surface area contributed by atoms with Crippen LogP contribution in [0.2, 0.25) is 0 Å². The van der Waals surface area contributed by atoms with E-state index in [1.54, 1.807) is 65.8 Å². The SMILES string of the molecule is CC(C)CCC(C)N(C(=O)C(Cc1ccc(O)cc1)NC(=O)OC(C)(C)C)C(C(=O)NC(Cc1ccccc1)C(=O)OC(C)(C)C)c1ccc(O)cc1. The van der Waals surface area contributed by atoms with Crippen LogP contribution in [0.1, 0.15) is 97.9 Å². The zero-order valence-electron chi connectivity index (χ0n) is 32.5. The summed E-state index contributed by atoms with van der Waals surface area (Å²) in [5.74, 6) is -1.56. The molecule has 3 rings (SSSR count). The van der Waals surface area contributed by atoms with E-state index in [0.717, 1.165) is 12.0 Å². The van der Waals surface area contributed by atoms with E-state index >= 15 is 4.79 Å². The van der Waals surface area contributed by atoms with Gasteiger partial charge in [0.25, 0.3) is 0 Å². The van der Waals surface area contributed by atoms with E-state index < -0.39 is 59.2 Å². The van der Waals surface area contributed by atoms with Crippen molar-refractivity contribution in [3.8, 4) is 11.5 Å². The molecule has 0 radical (unpaired) electrons. The summed E-state index contributed by atoms with van der Waals surface area (Å²) in [7, 11) is 0. The topological polar surface area (TPSA) is 154 Å². The number of amides is 3. The van der Waals surface area contributed by atoms with Gasteiger partial charge in [0.2, 0.25) is 11.8 Å². The number of nitrogens with one attached hydrogen (secondary N) is 2. The molecule has 288 valence electrons. The van der Waals surface area contributed by atoms with Crippen LogP contribution >= 0.6 is 0 Å². The van der Waals surface area contributed by atoms with Crippen molar-refractivity contribution < 1.29 is 38.9 Å². The first-order chi connectivity index (χ1) is 24.7. The molecule has 4 atom stereocenters. The zero-order chi connectivity index (χ0) is 39.5. The van der Waals surface area contributed by atoms with Gasteiger partial charge in [0, 0.05) is 18.9 Å². The van der Waals surface area contributed by atoms with E-state index in [2.05, 4.69) is 24.5 Å². The summed E-state index contributed by atoms with van der Waals surface area (Å²) < 4.78 is 11.3. The third-order valence-corrected chi connectivity index (χ3v) is 8.28. The van der Waals surface area contributed by atoms with Gasteiger partial charge in [-0.3, -0.25) is 9.59 Å². The molecule has 4 unspecified atom stereocenters. The van der Waals surface area contributed by atoms with E-state index in [0.29, 0.717) is 17.5 Å². The largest absolute Gasteiger partial charge is 0.508 e. The Kier molecular flexibility index (Phi) is 14.9. The first-order valence-corrected chi connectivity index (χ1v) is 18.2. The Morgan fingerprint density at radius 3 is 1.70 bits per heavy atom. The number of ether oxygens (including phenoxy) is 2. The first-order valence-electron chi connectivity index (χ1n) is 18.2. The lowest BCUT2D eigenvalue weighted by atomic mass is 9.95. The number of hydrogen-bond acceptors (Lipinski definition) is 8. The number of alkyl carbamates (subject to hydrolysis) is 1. The van der Waals surface area contributed by atoms with Gasteiger partial charge in [0.05, 0.1) is 0 Å². The van der Waals surface area contributed by atoms with Crippen molar-refractivity contribution >= 4 is 23.9 Å². The zero-order valence-corrected chi connectivity index (χ0v) is 32.5. The molecule has 0 saturated heterocycles. The molecule has 0 aliphatic carbocycles. The molecule has 11 heteroatoms. The molecule has 3 aromatic carbocycles. The summed E-state index contributed by atoms with van der Waals surface area (Å²) in [6.07, 6.45) is 0.575. The highest BCUT2D eigenvalue weighted by Gasteiger charge is 2.40. The molecule has 0 aliphatic rings. The van der Waals surface area contributed by atoms with Crippen LogP contribution in [0.15, 0.2) is 78.9 Å². The molecule has 0 saturated carbocycles. The second-order valence-electron chi connectivity index (χ2n) is 15.9. The standard InChI is InChI=1S/C42H57N3O8/c1-27(2)15-16-28(3)45(38(49)34(44-40(51)53-42(7,8)9)25-30-17-21-32(46)22-18-30)36(31-19-23-33(47)24-20-31)37(48)43-35(39(50)52-41(4,5)6)26-29-13-11-10-12-14-29/h10-14,17-24,27-28,34-36,46-47H,15-16,25-26H2,1-9H3,(H,43,48)(H,44,51). The maximum absolute atomic E-state index is 15.1. The fourth-order valence-corrected chi connectivity index (χ4v) is 5.77. The molecule has 0 aromatic heterocycles. The number of nitrogens with zero attached hydrogens (tertiary/aromatic N) is 1. The quantitative estimate of drug-likeness (QED) is 0.122. The van der Waals surface area contributed by atoms with E-state index in [-0.39, 0.29) is 30.3 Å². The van der Waals surface area contributed by atoms with Crippen LogP contribution in [0.3, 0.4) is 0 Å². The lowest BCUT2D eigenvalue weighted by molar-refractivity contribution is -0.159. The van der Waals surface area contributed by atoms with Gasteiger partial charge < -0.3 is 35.2 Å². The third-order valence-electron chi connectivity index (χ3n) is 8.28. The number of rotatable bonds is 15. The predicted octanol–water partition coefficient (Wildman–Crippen LogP) is 7.00. The molecular weight excluding hydrogens is 674 g/mol. The Bertz CT molecular complexity index is 1640. The first kappa shape index (κ1) is 42.4. The number of esters is 1. The highest BCUT2D eigenvalue weighted by molar-refractivity contribution is 5.94. The Balaban J connectivity index is 2.18. The monoisotopic (exact) mass is 731 g/mol. The maximum atomic E-state index is 15.1. The Morgan fingerprint density at radius 2 is 1.17 bits per heavy atom. The van der Waals surface area contributed by atoms with Crippen molar-refractivity contribution in [1.82, 2.24) is 15.5 Å². The van der Waals surface area contributed by atoms with E-state index in [9.17, 15) is 24.6 Å². The van der Waals surface area contributed by atoms with Crippen molar-refractivity contribution in [2.45, 2.75) is 123 Å². The average Bonchev–Trinajstić information content (AvgIpc) is 3.05. The number of carbonyl (C=O) groups is 4. The number of benzene rings is 3. The normalized spacial score (nSPS) is 14.0. The van der Waals surface area contributed by atoms with E-state index in [1.165, 1.54) is 29.2 Å². The number of hydrogen-bond donors (Lipinski definition) is 4. The van der Waals surface area contributed by atoms with Crippen molar-refractivity contribution in [3.63, 3.8) is 0 Å². The smallest absolute Gasteiger partial charge is 0.408 e. The molecule has 3 amide bonds. The molecule has 0 aliphatic heterocycles. The van der Waals surface area contributed by atoms with E-state index in [4.69, 9.17) is 9.47 Å². The minimum atomic E-state index is -1.30. The van der Waals surface area contributed by atoms with Crippen molar-refractivity contribution in [1.29, 1.82) is 0 Å². The van der Waals surface area contributed by atoms with Gasteiger partial charge in [-0.15, -0.1) is 0 Å². The molecule has 53 heavy (non-hydrogen) atoms. The molecule has 3 aromatic rings. The van der Waals surface area contributed by atoms with Crippen LogP contribution in [-0.4, -0.2) is 68.3 Å². The molecular formula is C42H57N3O8. The number of phenols is 2. The lowest BCUT2D eigenvalue weighted by Gasteiger charge is -2.39. The van der Waals surface area contributed by atoms with E-state index in [1.807, 2.05) is 37.3 Å². The van der Waals surface area contributed by atoms with Crippen LogP contribution in [-0.2, 0) is 36.7 Å². The van der Waals surface area contributed by atoms with Gasteiger partial charge in [0.1, 0.15) is 40.8 Å². The van der Waals surface area contributed by atoms with Gasteiger partial charge in [-0.05, 0) is 108 Å². The average molecular weight is 732 g/mol. The second-order valence-corrected chi connectivity index (χ2v) is 15.9. The van der Waals surface area contributed by atoms with Gasteiger partial charge >= 0.3 is 12.1 Å². The Hall–Kier alpha value is -5.06. The summed E-state index contributed by atoms with van der Waals surface area (Å²) >= 11 is 0. The van der Waals surface area contributed by atoms with Crippen LogP contribution in [0.5, 0.6) is 11.5 Å². The van der Waals surface area contributed by atoms with Crippen LogP contribution in [0.4, 0.5) is 4.79 Å².